The summed E-state index contributed by atoms with van der Waals surface area (Å²) in [7, 11) is 1.54. The largest absolute Gasteiger partial charge is 0.493 e. The maximum absolute atomic E-state index is 12.9. The molecule has 0 fully saturated rings. The number of methoxy groups -OCH3 is 1. The van der Waals surface area contributed by atoms with Crippen LogP contribution in [0.4, 0.5) is 0 Å². The zero-order valence-electron chi connectivity index (χ0n) is 17.6. The number of aromatic nitrogens is 2. The van der Waals surface area contributed by atoms with Crippen LogP contribution in [0.15, 0.2) is 35.1 Å². The maximum atomic E-state index is 12.9. The fourth-order valence-electron chi connectivity index (χ4n) is 4.08. The van der Waals surface area contributed by atoms with Gasteiger partial charge in [0.15, 0.2) is 11.5 Å². The fourth-order valence-corrected chi connectivity index (χ4v) is 5.93. The predicted molar refractivity (Wildman–Crippen MR) is 135 cm³/mol. The van der Waals surface area contributed by atoms with Crippen molar-refractivity contribution in [2.45, 2.75) is 32.3 Å². The highest BCUT2D eigenvalue weighted by atomic mass is 35.5. The Morgan fingerprint density at radius 2 is 1.88 bits per heavy atom. The minimum Gasteiger partial charge on any atom is -0.493 e. The minimum atomic E-state index is -0.121. The summed E-state index contributed by atoms with van der Waals surface area (Å²) in [6, 6.07) is 8.75. The first-order valence-electron chi connectivity index (χ1n) is 10.4. The Kier molecular flexibility index (Phi) is 6.27. The number of aromatic amines is 1. The first-order valence-corrected chi connectivity index (χ1v) is 12.4. The molecule has 1 aliphatic rings. The van der Waals surface area contributed by atoms with Gasteiger partial charge in [-0.3, -0.25) is 4.79 Å². The number of H-pyrrole nitrogens is 1. The van der Waals surface area contributed by atoms with E-state index in [1.807, 2.05) is 6.07 Å². The van der Waals surface area contributed by atoms with Gasteiger partial charge < -0.3 is 14.5 Å². The monoisotopic (exact) mass is 520 g/mol. The van der Waals surface area contributed by atoms with E-state index in [0.717, 1.165) is 47.0 Å². The average Bonchev–Trinajstić information content (AvgIpc) is 3.19. The zero-order chi connectivity index (χ0) is 23.1. The highest BCUT2D eigenvalue weighted by Crippen LogP contribution is 2.40. The molecule has 5 rings (SSSR count). The molecular weight excluding hydrogens is 503 g/mol. The van der Waals surface area contributed by atoms with Crippen LogP contribution in [0.3, 0.4) is 0 Å². The number of benzene rings is 2. The molecule has 0 bridgehead atoms. The number of thiophene rings is 1. The van der Waals surface area contributed by atoms with Crippen LogP contribution >= 0.6 is 46.1 Å². The number of rotatable bonds is 5. The van der Waals surface area contributed by atoms with Crippen molar-refractivity contribution in [3.63, 3.8) is 0 Å². The van der Waals surface area contributed by atoms with Crippen molar-refractivity contribution < 1.29 is 9.47 Å². The van der Waals surface area contributed by atoms with Crippen LogP contribution in [0.1, 0.15) is 28.8 Å². The number of aryl methyl sites for hydroxylation is 2. The molecule has 5 nitrogen and oxygen atoms in total. The van der Waals surface area contributed by atoms with E-state index < -0.39 is 0 Å². The van der Waals surface area contributed by atoms with Gasteiger partial charge in [-0.1, -0.05) is 40.9 Å². The van der Waals surface area contributed by atoms with Gasteiger partial charge in [0.1, 0.15) is 17.3 Å². The lowest BCUT2D eigenvalue weighted by Gasteiger charge is -2.14. The van der Waals surface area contributed by atoms with E-state index in [-0.39, 0.29) is 12.2 Å². The molecule has 2 aromatic carbocycles. The zero-order valence-corrected chi connectivity index (χ0v) is 20.7. The molecule has 1 aliphatic carbocycles. The van der Waals surface area contributed by atoms with Gasteiger partial charge in [0.05, 0.1) is 27.6 Å². The van der Waals surface area contributed by atoms with Crippen LogP contribution in [0.25, 0.3) is 21.6 Å². The van der Waals surface area contributed by atoms with Gasteiger partial charge in [0.2, 0.25) is 0 Å². The van der Waals surface area contributed by atoms with E-state index >= 15 is 0 Å². The number of halogens is 3. The van der Waals surface area contributed by atoms with Gasteiger partial charge in [-0.25, -0.2) is 4.98 Å². The summed E-state index contributed by atoms with van der Waals surface area (Å²) in [5.74, 6) is 1.28. The normalized spacial score (nSPS) is 13.2. The molecule has 1 N–H and O–H groups in total. The highest BCUT2D eigenvalue weighted by Gasteiger charge is 2.21. The topological polar surface area (TPSA) is 64.2 Å². The van der Waals surface area contributed by atoms with Crippen LogP contribution in [0, 0.1) is 0 Å². The Morgan fingerprint density at radius 1 is 1.06 bits per heavy atom. The third kappa shape index (κ3) is 4.33. The Morgan fingerprint density at radius 3 is 2.67 bits per heavy atom. The molecule has 9 heteroatoms. The Bertz CT molecular complexity index is 1430. The number of hydrogen-bond acceptors (Lipinski definition) is 5. The molecule has 0 saturated carbocycles. The Balaban J connectivity index is 1.49. The molecule has 0 aliphatic heterocycles. The van der Waals surface area contributed by atoms with E-state index in [0.29, 0.717) is 38.0 Å². The summed E-state index contributed by atoms with van der Waals surface area (Å²) in [6.07, 6.45) is 4.21. The SMILES string of the molecule is COc1cc(-c2nc3sc4c(c3c(=O)[nH]2)CCCC4)cc(Cl)c1OCc1ccc(Cl)c(Cl)c1. The molecule has 0 radical (unpaired) electrons. The number of fused-ring (bicyclic) bond motifs is 3. The molecular formula is C24H19Cl3N2O3S. The predicted octanol–water partition coefficient (Wildman–Crippen LogP) is 7.08. The highest BCUT2D eigenvalue weighted by molar-refractivity contribution is 7.18. The standard InChI is InChI=1S/C24H19Cl3N2O3S/c1-31-18-10-13(9-17(27)21(18)32-11-12-6-7-15(25)16(26)8-12)22-28-23(30)20-14-4-2-3-5-19(14)33-24(20)29-22/h6-10H,2-5,11H2,1H3,(H,28,29,30). The quantitative estimate of drug-likeness (QED) is 0.305. The van der Waals surface area contributed by atoms with E-state index in [1.165, 1.54) is 12.0 Å². The molecule has 4 aromatic rings. The van der Waals surface area contributed by atoms with Crippen molar-refractivity contribution in [3.05, 3.63) is 71.8 Å². The van der Waals surface area contributed by atoms with Crippen LogP contribution in [-0.2, 0) is 19.4 Å². The fraction of sp³-hybridized carbons (Fsp3) is 0.250. The molecule has 0 amide bonds. The van der Waals surface area contributed by atoms with Crippen molar-refractivity contribution in [3.8, 4) is 22.9 Å². The van der Waals surface area contributed by atoms with E-state index in [9.17, 15) is 4.79 Å². The van der Waals surface area contributed by atoms with Crippen molar-refractivity contribution in [2.75, 3.05) is 7.11 Å². The number of nitrogens with one attached hydrogen (secondary N) is 1. The molecule has 2 heterocycles. The van der Waals surface area contributed by atoms with Gasteiger partial charge in [-0.05, 0) is 61.1 Å². The second-order valence-corrected chi connectivity index (χ2v) is 10.1. The molecule has 0 atom stereocenters. The molecule has 170 valence electrons. The average molecular weight is 522 g/mol. The number of ether oxygens (including phenoxy) is 2. The van der Waals surface area contributed by atoms with Crippen molar-refractivity contribution in [2.24, 2.45) is 0 Å². The van der Waals surface area contributed by atoms with Gasteiger partial charge in [-0.2, -0.15) is 0 Å². The Hall–Kier alpha value is -2.25. The summed E-state index contributed by atoms with van der Waals surface area (Å²) in [5, 5.41) is 1.99. The van der Waals surface area contributed by atoms with Crippen molar-refractivity contribution in [1.82, 2.24) is 9.97 Å². The minimum absolute atomic E-state index is 0.121. The van der Waals surface area contributed by atoms with Crippen LogP contribution in [0.5, 0.6) is 11.5 Å². The van der Waals surface area contributed by atoms with Gasteiger partial charge in [0, 0.05) is 10.4 Å². The molecule has 2 aromatic heterocycles. The van der Waals surface area contributed by atoms with Crippen LogP contribution in [0.2, 0.25) is 15.1 Å². The summed E-state index contributed by atoms with van der Waals surface area (Å²) >= 11 is 20.2. The van der Waals surface area contributed by atoms with Crippen molar-refractivity contribution in [1.29, 1.82) is 0 Å². The molecule has 0 spiro atoms. The molecule has 0 saturated heterocycles. The van der Waals surface area contributed by atoms with Crippen LogP contribution in [-0.4, -0.2) is 17.1 Å². The van der Waals surface area contributed by atoms with E-state index in [4.69, 9.17) is 49.3 Å². The summed E-state index contributed by atoms with van der Waals surface area (Å²) in [6.45, 7) is 0.230. The third-order valence-electron chi connectivity index (χ3n) is 5.70. The number of hydrogen-bond donors (Lipinski definition) is 1. The maximum Gasteiger partial charge on any atom is 0.260 e. The summed E-state index contributed by atoms with van der Waals surface area (Å²) < 4.78 is 11.5. The first kappa shape index (κ1) is 22.5. The lowest BCUT2D eigenvalue weighted by molar-refractivity contribution is 0.285. The van der Waals surface area contributed by atoms with Crippen LogP contribution < -0.4 is 15.0 Å². The van der Waals surface area contributed by atoms with Gasteiger partial charge >= 0.3 is 0 Å². The second-order valence-electron chi connectivity index (χ2n) is 7.83. The van der Waals surface area contributed by atoms with E-state index in [1.54, 1.807) is 35.6 Å². The lowest BCUT2D eigenvalue weighted by Crippen LogP contribution is -2.11. The summed E-state index contributed by atoms with van der Waals surface area (Å²) in [5.41, 5.74) is 2.52. The second kappa shape index (κ2) is 9.18. The van der Waals surface area contributed by atoms with Gasteiger partial charge in [0.25, 0.3) is 5.56 Å². The third-order valence-corrected chi connectivity index (χ3v) is 7.90. The van der Waals surface area contributed by atoms with Gasteiger partial charge in [-0.15, -0.1) is 11.3 Å². The number of nitrogens with zero attached hydrogens (tertiary/aromatic N) is 1. The first-order chi connectivity index (χ1) is 15.9. The smallest absolute Gasteiger partial charge is 0.260 e. The lowest BCUT2D eigenvalue weighted by atomic mass is 9.97. The molecule has 33 heavy (non-hydrogen) atoms. The molecule has 0 unspecified atom stereocenters. The Labute approximate surface area is 209 Å². The van der Waals surface area contributed by atoms with E-state index in [2.05, 4.69) is 4.98 Å². The van der Waals surface area contributed by atoms with Crippen molar-refractivity contribution >= 4 is 56.4 Å². The summed E-state index contributed by atoms with van der Waals surface area (Å²) in [4.78, 5) is 22.6.